The molecule has 0 saturated heterocycles. The van der Waals surface area contributed by atoms with Crippen LogP contribution in [0.3, 0.4) is 0 Å². The van der Waals surface area contributed by atoms with Crippen LogP contribution in [0.2, 0.25) is 0 Å². The Morgan fingerprint density at radius 2 is 2.17 bits per heavy atom. The lowest BCUT2D eigenvalue weighted by Crippen LogP contribution is -2.31. The van der Waals surface area contributed by atoms with E-state index in [-0.39, 0.29) is 11.9 Å². The SMILES string of the molecule is CCn1c([C@H](CC(C)C)NC(=O)c2ccco2)nc2cccnc21. The molecule has 0 aromatic carbocycles. The molecule has 126 valence electrons. The number of fused-ring (bicyclic) bond motifs is 1. The summed E-state index contributed by atoms with van der Waals surface area (Å²) in [7, 11) is 0. The summed E-state index contributed by atoms with van der Waals surface area (Å²) in [6.45, 7) is 7.06. The second-order valence-corrected chi connectivity index (χ2v) is 6.19. The molecule has 0 unspecified atom stereocenters. The molecule has 0 bridgehead atoms. The highest BCUT2D eigenvalue weighted by Crippen LogP contribution is 2.25. The lowest BCUT2D eigenvalue weighted by Gasteiger charge is -2.20. The van der Waals surface area contributed by atoms with E-state index in [1.165, 1.54) is 6.26 Å². The number of rotatable bonds is 6. The van der Waals surface area contributed by atoms with Gasteiger partial charge >= 0.3 is 0 Å². The second kappa shape index (κ2) is 6.86. The first kappa shape index (κ1) is 16.2. The molecule has 6 heteroatoms. The molecule has 0 saturated carbocycles. The normalized spacial score (nSPS) is 12.7. The predicted molar refractivity (Wildman–Crippen MR) is 91.6 cm³/mol. The van der Waals surface area contributed by atoms with Gasteiger partial charge in [-0.1, -0.05) is 13.8 Å². The molecule has 0 radical (unpaired) electrons. The first-order valence-corrected chi connectivity index (χ1v) is 8.25. The van der Waals surface area contributed by atoms with Crippen molar-refractivity contribution in [1.29, 1.82) is 0 Å². The number of nitrogens with zero attached hydrogens (tertiary/aromatic N) is 3. The smallest absolute Gasteiger partial charge is 0.287 e. The van der Waals surface area contributed by atoms with E-state index in [0.29, 0.717) is 11.7 Å². The van der Waals surface area contributed by atoms with Gasteiger partial charge in [-0.3, -0.25) is 4.79 Å². The number of aromatic nitrogens is 3. The number of hydrogen-bond donors (Lipinski definition) is 1. The number of furan rings is 1. The molecule has 1 N–H and O–H groups in total. The van der Waals surface area contributed by atoms with Crippen molar-refractivity contribution >= 4 is 17.1 Å². The van der Waals surface area contributed by atoms with Crippen LogP contribution in [-0.2, 0) is 6.54 Å². The van der Waals surface area contributed by atoms with Gasteiger partial charge in [0.15, 0.2) is 11.4 Å². The summed E-state index contributed by atoms with van der Waals surface area (Å²) in [4.78, 5) is 21.6. The number of nitrogens with one attached hydrogen (secondary N) is 1. The van der Waals surface area contributed by atoms with Crippen LogP contribution in [-0.4, -0.2) is 20.4 Å². The lowest BCUT2D eigenvalue weighted by molar-refractivity contribution is 0.0901. The third-order valence-corrected chi connectivity index (χ3v) is 3.92. The highest BCUT2D eigenvalue weighted by Gasteiger charge is 2.24. The quantitative estimate of drug-likeness (QED) is 0.751. The molecule has 0 aliphatic heterocycles. The zero-order chi connectivity index (χ0) is 17.1. The first-order valence-electron chi connectivity index (χ1n) is 8.25. The van der Waals surface area contributed by atoms with E-state index in [0.717, 1.165) is 30.0 Å². The summed E-state index contributed by atoms with van der Waals surface area (Å²) >= 11 is 0. The Balaban J connectivity index is 1.98. The van der Waals surface area contributed by atoms with E-state index < -0.39 is 0 Å². The van der Waals surface area contributed by atoms with E-state index in [1.54, 1.807) is 18.3 Å². The van der Waals surface area contributed by atoms with Crippen molar-refractivity contribution in [3.05, 3.63) is 48.3 Å². The average molecular weight is 326 g/mol. The highest BCUT2D eigenvalue weighted by molar-refractivity contribution is 5.91. The van der Waals surface area contributed by atoms with Crippen LogP contribution in [0.15, 0.2) is 41.1 Å². The molecule has 3 rings (SSSR count). The van der Waals surface area contributed by atoms with Gasteiger partial charge in [0.25, 0.3) is 5.91 Å². The molecular formula is C18H22N4O2. The third-order valence-electron chi connectivity index (χ3n) is 3.92. The third kappa shape index (κ3) is 3.18. The molecular weight excluding hydrogens is 304 g/mol. The van der Waals surface area contributed by atoms with Crippen molar-refractivity contribution in [2.24, 2.45) is 5.92 Å². The topological polar surface area (TPSA) is 73.0 Å². The summed E-state index contributed by atoms with van der Waals surface area (Å²) < 4.78 is 7.26. The fourth-order valence-corrected chi connectivity index (χ4v) is 2.89. The van der Waals surface area contributed by atoms with Gasteiger partial charge in [0.2, 0.25) is 0 Å². The molecule has 1 amide bonds. The molecule has 0 spiro atoms. The summed E-state index contributed by atoms with van der Waals surface area (Å²) in [5.41, 5.74) is 1.69. The van der Waals surface area contributed by atoms with Crippen molar-refractivity contribution < 1.29 is 9.21 Å². The summed E-state index contributed by atoms with van der Waals surface area (Å²) in [6.07, 6.45) is 4.05. The van der Waals surface area contributed by atoms with Gasteiger partial charge in [-0.2, -0.15) is 0 Å². The molecule has 3 aromatic heterocycles. The van der Waals surface area contributed by atoms with Crippen LogP contribution in [0.4, 0.5) is 0 Å². The molecule has 3 aromatic rings. The minimum atomic E-state index is -0.228. The van der Waals surface area contributed by atoms with Crippen molar-refractivity contribution in [3.8, 4) is 0 Å². The molecule has 24 heavy (non-hydrogen) atoms. The molecule has 0 fully saturated rings. The van der Waals surface area contributed by atoms with Gasteiger partial charge < -0.3 is 14.3 Å². The fraction of sp³-hybridized carbons (Fsp3) is 0.389. The number of aryl methyl sites for hydroxylation is 1. The number of pyridine rings is 1. The number of carbonyl (C=O) groups excluding carboxylic acids is 1. The molecule has 1 atom stereocenters. The molecule has 0 aliphatic rings. The Labute approximate surface area is 140 Å². The van der Waals surface area contributed by atoms with Gasteiger partial charge in [-0.15, -0.1) is 0 Å². The standard InChI is InChI=1S/C18H22N4O2/c1-4-22-16-13(7-5-9-19-16)20-17(22)14(11-12(2)3)21-18(23)15-8-6-10-24-15/h5-10,12,14H,4,11H2,1-3H3,(H,21,23)/t14-/m0/s1. The summed E-state index contributed by atoms with van der Waals surface area (Å²) in [5, 5.41) is 3.06. The zero-order valence-corrected chi connectivity index (χ0v) is 14.2. The maximum Gasteiger partial charge on any atom is 0.287 e. The fourth-order valence-electron chi connectivity index (χ4n) is 2.89. The Hall–Kier alpha value is -2.63. The van der Waals surface area contributed by atoms with Gasteiger partial charge in [0, 0.05) is 12.7 Å². The van der Waals surface area contributed by atoms with Crippen molar-refractivity contribution in [2.75, 3.05) is 0 Å². The van der Waals surface area contributed by atoms with E-state index in [2.05, 4.69) is 35.6 Å². The Bertz CT molecular complexity index is 821. The van der Waals surface area contributed by atoms with Crippen LogP contribution in [0, 0.1) is 5.92 Å². The largest absolute Gasteiger partial charge is 0.459 e. The van der Waals surface area contributed by atoms with Gasteiger partial charge in [-0.05, 0) is 43.5 Å². The van der Waals surface area contributed by atoms with Crippen molar-refractivity contribution in [1.82, 2.24) is 19.9 Å². The minimum Gasteiger partial charge on any atom is -0.459 e. The minimum absolute atomic E-state index is 0.197. The number of imidazole rings is 1. The van der Waals surface area contributed by atoms with Crippen LogP contribution in [0.5, 0.6) is 0 Å². The predicted octanol–water partition coefficient (Wildman–Crippen LogP) is 3.56. The number of carbonyl (C=O) groups is 1. The Kier molecular flexibility index (Phi) is 4.64. The zero-order valence-electron chi connectivity index (χ0n) is 14.2. The van der Waals surface area contributed by atoms with E-state index in [4.69, 9.17) is 9.40 Å². The van der Waals surface area contributed by atoms with E-state index in [9.17, 15) is 4.79 Å². The van der Waals surface area contributed by atoms with Crippen molar-refractivity contribution in [3.63, 3.8) is 0 Å². The molecule has 3 heterocycles. The first-order chi connectivity index (χ1) is 11.6. The average Bonchev–Trinajstić information content (AvgIpc) is 3.21. The monoisotopic (exact) mass is 326 g/mol. The van der Waals surface area contributed by atoms with Gasteiger partial charge in [-0.25, -0.2) is 9.97 Å². The summed E-state index contributed by atoms with van der Waals surface area (Å²) in [6, 6.07) is 6.98. The lowest BCUT2D eigenvalue weighted by atomic mass is 10.0. The highest BCUT2D eigenvalue weighted by atomic mass is 16.3. The van der Waals surface area contributed by atoms with Crippen molar-refractivity contribution in [2.45, 2.75) is 39.8 Å². The number of hydrogen-bond acceptors (Lipinski definition) is 4. The van der Waals surface area contributed by atoms with E-state index >= 15 is 0 Å². The van der Waals surface area contributed by atoms with Crippen LogP contribution in [0.1, 0.15) is 49.6 Å². The molecule has 6 nitrogen and oxygen atoms in total. The number of amides is 1. The molecule has 0 aliphatic carbocycles. The van der Waals surface area contributed by atoms with Gasteiger partial charge in [0.1, 0.15) is 11.3 Å². The Morgan fingerprint density at radius 1 is 1.33 bits per heavy atom. The van der Waals surface area contributed by atoms with E-state index in [1.807, 2.05) is 12.1 Å². The van der Waals surface area contributed by atoms with Crippen LogP contribution in [0.25, 0.3) is 11.2 Å². The maximum absolute atomic E-state index is 12.4. The van der Waals surface area contributed by atoms with Crippen LogP contribution < -0.4 is 5.32 Å². The maximum atomic E-state index is 12.4. The second-order valence-electron chi connectivity index (χ2n) is 6.19. The van der Waals surface area contributed by atoms with Gasteiger partial charge in [0.05, 0.1) is 12.3 Å². The summed E-state index contributed by atoms with van der Waals surface area (Å²) in [5.74, 6) is 1.32. The van der Waals surface area contributed by atoms with Crippen LogP contribution >= 0.6 is 0 Å². The Morgan fingerprint density at radius 3 is 2.83 bits per heavy atom.